The first kappa shape index (κ1) is 127. The van der Waals surface area contributed by atoms with E-state index in [9.17, 15) is 92.5 Å². The van der Waals surface area contributed by atoms with Gasteiger partial charge in [0.2, 0.25) is 11.8 Å². The molecule has 0 bridgehead atoms. The second-order valence-electron chi connectivity index (χ2n) is 30.5. The van der Waals surface area contributed by atoms with Crippen molar-refractivity contribution in [2.75, 3.05) is 99.8 Å². The Kier molecular flexibility index (Phi) is 69.1. The normalized spacial score (nSPS) is 13.9. The van der Waals surface area contributed by atoms with E-state index in [0.717, 1.165) is 29.5 Å². The molecule has 0 aliphatic carbocycles. The Morgan fingerprint density at radius 1 is 0.367 bits per heavy atom. The molecule has 0 spiro atoms. The SMILES string of the molecule is C=CCOC(=O)[C@@H](NCCCS(=O)(=O)O)C(C)C.CC(C)C[C@H](NCCCS(=O)(=O)O)C(=O)OCc1ccccc1.CC(C)C[C@H](NCCCS(=O)(=O)O)C(N)=O.CCC(C)[C@H](NCCCS(=O)(=O)O)C(=O)O.CCC(C)[C@H](NCCCS(=O)(=O)O)C(=O)OC.NC(=O)[C@H](Cc1ccccc1)NCCCS(=O)(=O)O.O=C(O)[C@H](Cc1ccccc1)NCCCS(=O)(=O)O. The van der Waals surface area contributed by atoms with E-state index in [4.69, 9.17) is 63.0 Å². The van der Waals surface area contributed by atoms with Gasteiger partial charge in [0.15, 0.2) is 0 Å². The molecule has 128 heavy (non-hydrogen) atoms. The van der Waals surface area contributed by atoms with E-state index >= 15 is 0 Å². The zero-order valence-corrected chi connectivity index (χ0v) is 80.4. The Balaban J connectivity index is -0.000000703. The molecular weight excluding hydrogens is 1830 g/mol. The lowest BCUT2D eigenvalue weighted by Crippen LogP contribution is -2.43. The lowest BCUT2D eigenvalue weighted by molar-refractivity contribution is -0.148. The molecule has 3 rings (SSSR count). The minimum absolute atomic E-state index is 0.0213. The smallest absolute Gasteiger partial charge is 0.323 e. The van der Waals surface area contributed by atoms with Gasteiger partial charge in [0.25, 0.3) is 70.8 Å². The van der Waals surface area contributed by atoms with E-state index < -0.39 is 143 Å². The number of rotatable bonds is 59. The average molecular weight is 1970 g/mol. The Labute approximate surface area is 756 Å². The summed E-state index contributed by atoms with van der Waals surface area (Å²) in [5.74, 6) is -5.59. The van der Waals surface area contributed by atoms with Crippen LogP contribution in [-0.2, 0) is 138 Å². The highest BCUT2D eigenvalue weighted by molar-refractivity contribution is 7.87. The summed E-state index contributed by atoms with van der Waals surface area (Å²) in [5, 5.41) is 38.1. The van der Waals surface area contributed by atoms with Crippen molar-refractivity contribution in [3.05, 3.63) is 120 Å². The minimum Gasteiger partial charge on any atom is -0.480 e. The quantitative estimate of drug-likeness (QED) is 0.0126. The molecule has 0 saturated heterocycles. The molecule has 2 unspecified atom stereocenters. The third-order valence-corrected chi connectivity index (χ3v) is 23.2. The number of methoxy groups -OCH3 is 1. The Morgan fingerprint density at radius 3 is 0.938 bits per heavy atom. The molecule has 3 aromatic rings. The molecule has 0 aliphatic rings. The molecular formula is C79H141N9O33S7. The van der Waals surface area contributed by atoms with Crippen LogP contribution >= 0.6 is 0 Å². The second kappa shape index (κ2) is 69.6. The van der Waals surface area contributed by atoms with Crippen molar-refractivity contribution in [3.8, 4) is 0 Å². The highest BCUT2D eigenvalue weighted by atomic mass is 32.2. The van der Waals surface area contributed by atoms with Crippen LogP contribution in [0.25, 0.3) is 0 Å². The Bertz CT molecular complexity index is 4360. The first-order valence-electron chi connectivity index (χ1n) is 41.1. The van der Waals surface area contributed by atoms with E-state index in [0.29, 0.717) is 70.2 Å². The van der Waals surface area contributed by atoms with Crippen molar-refractivity contribution in [1.82, 2.24) is 37.2 Å². The molecule has 0 aliphatic heterocycles. The number of aliphatic carboxylic acids is 2. The van der Waals surface area contributed by atoms with Crippen LogP contribution in [0.3, 0.4) is 0 Å². The van der Waals surface area contributed by atoms with Crippen LogP contribution in [0.5, 0.6) is 0 Å². The van der Waals surface area contributed by atoms with Gasteiger partial charge in [0, 0.05) is 0 Å². The minimum atomic E-state index is -3.99. The largest absolute Gasteiger partial charge is 0.480 e. The lowest BCUT2D eigenvalue weighted by Gasteiger charge is -2.21. The number of amides is 2. The number of hydrogen-bond acceptors (Lipinski definition) is 31. The van der Waals surface area contributed by atoms with E-state index in [1.165, 1.54) is 13.2 Å². The number of benzene rings is 3. The maximum atomic E-state index is 12.2. The third-order valence-electron chi connectivity index (χ3n) is 17.6. The monoisotopic (exact) mass is 1970 g/mol. The number of esters is 3. The molecule has 0 saturated carbocycles. The van der Waals surface area contributed by atoms with Crippen LogP contribution in [0.1, 0.15) is 157 Å². The van der Waals surface area contributed by atoms with Crippen molar-refractivity contribution < 1.29 is 149 Å². The van der Waals surface area contributed by atoms with Crippen molar-refractivity contribution in [3.63, 3.8) is 0 Å². The molecule has 0 radical (unpaired) electrons. The number of hydrogen-bond donors (Lipinski definition) is 18. The standard InChI is InChI=1S/C16H25NO5S.C12H18N2O4S.C12H17NO5S.C11H21NO5S.C10H21NO5S.C9H20N2O4S.C9H19NO5S/c1-13(2)11-15(17-9-6-10-23(19,20)21)16(18)22-12-14-7-4-3-5-8-14;13-12(15)11(9-10-5-2-1-3-6-10)14-7-4-8-19(16,17)18;14-12(15)11(9-10-5-2-1-3-6-10)13-7-4-8-19(16,17)18;1-4-7-17-11(13)10(9(2)3)12-6-5-8-18(14,15)16;1-4-8(2)9(10(12)16-3)11-6-5-7-17(13,14)15;1-7(2)6-8(9(10)12)11-4-3-5-16(13,14)15;1-3-7(2)8(9(11)12)10-5-4-6-16(13,14)15/h3-5,7-8,13,15,17H,6,9-12H2,1-2H3,(H,19,20,21);1-3,5-6,11,14H,4,7-9H2,(H2,13,15)(H,16,17,18);1-3,5-6,11,13H,4,7-9H2,(H,14,15)(H,16,17,18);4,9-10,12H,1,5-8H2,2-3H3,(H,14,15,16);8-9,11H,4-7H2,1-3H3,(H,13,14,15);7-8,11H,3-6H2,1-2H3,(H2,10,12)(H,13,14,15);7-8,10H,3-6H2,1-2H3,(H,11,12)(H,13,14,15)/t15-;2*11-;10-;8?,9-;8-;7?,8-/m0000000/s1. The van der Waals surface area contributed by atoms with Crippen LogP contribution < -0.4 is 48.7 Å². The van der Waals surface area contributed by atoms with E-state index in [-0.39, 0.29) is 141 Å². The summed E-state index contributed by atoms with van der Waals surface area (Å²) in [6.45, 7) is 25.1. The van der Waals surface area contributed by atoms with Crippen molar-refractivity contribution in [1.29, 1.82) is 0 Å². The number of nitrogens with one attached hydrogen (secondary N) is 7. The zero-order chi connectivity index (χ0) is 99.1. The topological polar surface area (TPSA) is 704 Å². The van der Waals surface area contributed by atoms with Gasteiger partial charge in [-0.1, -0.05) is 186 Å². The third kappa shape index (κ3) is 79.7. The van der Waals surface area contributed by atoms with Gasteiger partial charge < -0.3 is 73.1 Å². The van der Waals surface area contributed by atoms with Gasteiger partial charge in [-0.2, -0.15) is 58.9 Å². The molecule has 49 heteroatoms. The summed E-state index contributed by atoms with van der Waals surface area (Å²) in [7, 11) is -26.3. The van der Waals surface area contributed by atoms with Crippen LogP contribution in [0.2, 0.25) is 0 Å². The number of ether oxygens (including phenoxy) is 3. The molecule has 20 N–H and O–H groups in total. The summed E-state index contributed by atoms with van der Waals surface area (Å²) in [5.41, 5.74) is 13.2. The molecule has 0 fully saturated rings. The number of primary amides is 2. The average Bonchev–Trinajstić information content (AvgIpc) is 0.942. The van der Waals surface area contributed by atoms with Gasteiger partial charge >= 0.3 is 29.8 Å². The van der Waals surface area contributed by atoms with Crippen molar-refractivity contribution in [2.24, 2.45) is 41.1 Å². The summed E-state index contributed by atoms with van der Waals surface area (Å²) >= 11 is 0. The highest BCUT2D eigenvalue weighted by Crippen LogP contribution is 2.14. The van der Waals surface area contributed by atoms with E-state index in [1.807, 2.05) is 160 Å². The number of nitrogens with two attached hydrogens (primary N) is 2. The Morgan fingerprint density at radius 2 is 0.648 bits per heavy atom. The fourth-order valence-corrected chi connectivity index (χ4v) is 14.2. The van der Waals surface area contributed by atoms with Crippen LogP contribution in [0.4, 0.5) is 0 Å². The number of carbonyl (C=O) groups excluding carboxylic acids is 5. The summed E-state index contributed by atoms with van der Waals surface area (Å²) in [6, 6.07) is 24.1. The van der Waals surface area contributed by atoms with Gasteiger partial charge in [0.1, 0.15) is 43.4 Å². The first-order chi connectivity index (χ1) is 59.1. The molecule has 3 aromatic carbocycles. The fraction of sp³-hybridized carbons (Fsp3) is 0.658. The molecule has 2 amide bonds. The van der Waals surface area contributed by atoms with Gasteiger partial charge in [-0.05, 0) is 163 Å². The first-order valence-corrected chi connectivity index (χ1v) is 52.4. The predicted octanol–water partition coefficient (Wildman–Crippen LogP) is 3.67. The van der Waals surface area contributed by atoms with E-state index in [1.54, 1.807) is 0 Å². The second-order valence-corrected chi connectivity index (χ2v) is 41.5. The molecule has 0 heterocycles. The van der Waals surface area contributed by atoms with Gasteiger partial charge in [-0.3, -0.25) is 65.4 Å². The highest BCUT2D eigenvalue weighted by Gasteiger charge is 2.28. The summed E-state index contributed by atoms with van der Waals surface area (Å²) in [6.07, 6.45) is 6.54. The van der Waals surface area contributed by atoms with Crippen LogP contribution in [0, 0.1) is 29.6 Å². The zero-order valence-electron chi connectivity index (χ0n) is 74.7. The predicted molar refractivity (Wildman–Crippen MR) is 486 cm³/mol. The van der Waals surface area contributed by atoms with E-state index in [2.05, 4.69) is 48.5 Å². The molecule has 742 valence electrons. The van der Waals surface area contributed by atoms with Gasteiger partial charge in [-0.25, -0.2) is 0 Å². The lowest BCUT2D eigenvalue weighted by atomic mass is 9.99. The summed E-state index contributed by atoms with van der Waals surface area (Å²) < 4.78 is 222. The number of carbonyl (C=O) groups is 7. The molecule has 9 atom stereocenters. The number of carboxylic acids is 2. The Hall–Kier alpha value is -7.22. The van der Waals surface area contributed by atoms with Crippen molar-refractivity contribution in [2.45, 2.75) is 202 Å². The van der Waals surface area contributed by atoms with Gasteiger partial charge in [0.05, 0.1) is 59.5 Å². The van der Waals surface area contributed by atoms with Gasteiger partial charge in [-0.15, -0.1) is 0 Å². The van der Waals surface area contributed by atoms with Crippen LogP contribution in [0.15, 0.2) is 104 Å². The number of carboxylic acid groups (broad SMARTS) is 2. The molecule has 0 aromatic heterocycles. The maximum Gasteiger partial charge on any atom is 0.323 e. The molecule has 42 nitrogen and oxygen atoms in total. The summed E-state index contributed by atoms with van der Waals surface area (Å²) in [4.78, 5) is 79.5. The maximum absolute atomic E-state index is 12.2. The van der Waals surface area contributed by atoms with Crippen LogP contribution in [-0.4, -0.2) is 285 Å². The van der Waals surface area contributed by atoms with Crippen molar-refractivity contribution >= 4 is 112 Å². The fourth-order valence-electron chi connectivity index (χ4n) is 10.7.